The van der Waals surface area contributed by atoms with E-state index < -0.39 is 0 Å². The third kappa shape index (κ3) is 4.68. The molecule has 2 heterocycles. The van der Waals surface area contributed by atoms with E-state index >= 15 is 0 Å². The second-order valence-corrected chi connectivity index (χ2v) is 9.00. The summed E-state index contributed by atoms with van der Waals surface area (Å²) in [7, 11) is 3.60. The molecule has 4 rings (SSSR count). The highest BCUT2D eigenvalue weighted by Gasteiger charge is 2.44. The molecule has 1 fully saturated rings. The topological polar surface area (TPSA) is 61.9 Å². The summed E-state index contributed by atoms with van der Waals surface area (Å²) in [5.41, 5.74) is 2.76. The van der Waals surface area contributed by atoms with Gasteiger partial charge in [-0.2, -0.15) is 0 Å². The van der Waals surface area contributed by atoms with Gasteiger partial charge in [-0.25, -0.2) is 4.79 Å². The average Bonchev–Trinajstić information content (AvgIpc) is 2.75. The van der Waals surface area contributed by atoms with Crippen molar-refractivity contribution in [3.05, 3.63) is 59.7 Å². The highest BCUT2D eigenvalue weighted by atomic mass is 16.5. The summed E-state index contributed by atoms with van der Waals surface area (Å²) in [5.74, 6) is 1.14. The van der Waals surface area contributed by atoms with Crippen LogP contribution in [0.4, 0.5) is 10.5 Å². The van der Waals surface area contributed by atoms with E-state index in [9.17, 15) is 9.59 Å². The molecule has 2 aromatic carbocycles. The monoisotopic (exact) mass is 421 g/mol. The highest BCUT2D eigenvalue weighted by molar-refractivity contribution is 5.89. The van der Waals surface area contributed by atoms with Crippen LogP contribution in [0.3, 0.4) is 0 Å². The first-order valence-electron chi connectivity index (χ1n) is 11.0. The quantitative estimate of drug-likeness (QED) is 0.799. The summed E-state index contributed by atoms with van der Waals surface area (Å²) in [6.07, 6.45) is 2.80. The van der Waals surface area contributed by atoms with E-state index in [1.807, 2.05) is 54.3 Å². The van der Waals surface area contributed by atoms with Gasteiger partial charge in [0, 0.05) is 58.1 Å². The van der Waals surface area contributed by atoms with E-state index in [1.54, 1.807) is 19.0 Å². The van der Waals surface area contributed by atoms with E-state index in [0.29, 0.717) is 19.5 Å². The number of rotatable bonds is 3. The summed E-state index contributed by atoms with van der Waals surface area (Å²) in [6, 6.07) is 15.8. The lowest BCUT2D eigenvalue weighted by Gasteiger charge is -2.47. The van der Waals surface area contributed by atoms with Gasteiger partial charge >= 0.3 is 6.03 Å². The van der Waals surface area contributed by atoms with E-state index in [4.69, 9.17) is 4.74 Å². The maximum Gasteiger partial charge on any atom is 0.321 e. The zero-order valence-corrected chi connectivity index (χ0v) is 18.6. The molecule has 31 heavy (non-hydrogen) atoms. The van der Waals surface area contributed by atoms with Crippen molar-refractivity contribution in [3.63, 3.8) is 0 Å². The van der Waals surface area contributed by atoms with Crippen LogP contribution >= 0.6 is 0 Å². The number of benzene rings is 2. The standard InChI is InChI=1S/C25H31N3O3/c1-18-8-10-20(11-9-18)26-24(30)28-14-12-25(13-15-28)17-19(16-23(29)27(2)3)21-6-4-5-7-22(21)31-25/h4-11,19H,12-17H2,1-3H3,(H,26,30)/t19-/m1/s1. The molecule has 3 amide bonds. The Bertz CT molecular complexity index is 947. The minimum Gasteiger partial charge on any atom is -0.487 e. The number of amides is 3. The van der Waals surface area contributed by atoms with Crippen LogP contribution < -0.4 is 10.1 Å². The largest absolute Gasteiger partial charge is 0.487 e. The van der Waals surface area contributed by atoms with Gasteiger partial charge in [-0.1, -0.05) is 35.9 Å². The van der Waals surface area contributed by atoms with Gasteiger partial charge in [-0.15, -0.1) is 0 Å². The number of para-hydroxylation sites is 1. The summed E-state index contributed by atoms with van der Waals surface area (Å²) >= 11 is 0. The van der Waals surface area contributed by atoms with Crippen molar-refractivity contribution in [2.24, 2.45) is 0 Å². The van der Waals surface area contributed by atoms with Gasteiger partial charge in [0.15, 0.2) is 0 Å². The van der Waals surface area contributed by atoms with Crippen LogP contribution in [-0.4, -0.2) is 54.5 Å². The van der Waals surface area contributed by atoms with Crippen molar-refractivity contribution in [3.8, 4) is 5.75 Å². The molecule has 1 atom stereocenters. The normalized spacial score (nSPS) is 19.3. The van der Waals surface area contributed by atoms with Gasteiger partial charge in [0.1, 0.15) is 11.4 Å². The Labute approximate surface area is 184 Å². The van der Waals surface area contributed by atoms with Gasteiger partial charge in [0.25, 0.3) is 0 Å². The van der Waals surface area contributed by atoms with Crippen LogP contribution in [-0.2, 0) is 4.79 Å². The zero-order chi connectivity index (χ0) is 22.0. The second-order valence-electron chi connectivity index (χ2n) is 9.00. The third-order valence-corrected chi connectivity index (χ3v) is 6.49. The van der Waals surface area contributed by atoms with Gasteiger partial charge in [-0.05, 0) is 37.1 Å². The molecule has 0 radical (unpaired) electrons. The molecule has 2 aromatic rings. The number of aryl methyl sites for hydroxylation is 1. The molecule has 1 saturated heterocycles. The van der Waals surface area contributed by atoms with Crippen molar-refractivity contribution >= 4 is 17.6 Å². The fourth-order valence-corrected chi connectivity index (χ4v) is 4.58. The number of hydrogen-bond acceptors (Lipinski definition) is 3. The Balaban J connectivity index is 1.44. The molecule has 0 bridgehead atoms. The number of nitrogens with zero attached hydrogens (tertiary/aromatic N) is 2. The van der Waals surface area contributed by atoms with E-state index in [-0.39, 0.29) is 23.5 Å². The lowest BCUT2D eigenvalue weighted by molar-refractivity contribution is -0.129. The Morgan fingerprint density at radius 2 is 1.77 bits per heavy atom. The molecule has 6 nitrogen and oxygen atoms in total. The average molecular weight is 422 g/mol. The van der Waals surface area contributed by atoms with Crippen LogP contribution in [0.5, 0.6) is 5.75 Å². The molecule has 6 heteroatoms. The maximum atomic E-state index is 12.7. The number of carbonyl (C=O) groups is 2. The molecule has 1 spiro atoms. The number of anilines is 1. The molecular weight excluding hydrogens is 390 g/mol. The van der Waals surface area contributed by atoms with Gasteiger partial charge in [-0.3, -0.25) is 4.79 Å². The van der Waals surface area contributed by atoms with Crippen molar-refractivity contribution < 1.29 is 14.3 Å². The Kier molecular flexibility index (Phi) is 5.90. The fourth-order valence-electron chi connectivity index (χ4n) is 4.58. The predicted octanol–water partition coefficient (Wildman–Crippen LogP) is 4.41. The first-order chi connectivity index (χ1) is 14.8. The van der Waals surface area contributed by atoms with E-state index in [2.05, 4.69) is 11.4 Å². The van der Waals surface area contributed by atoms with Crippen molar-refractivity contribution in [1.29, 1.82) is 0 Å². The van der Waals surface area contributed by atoms with Gasteiger partial charge < -0.3 is 19.9 Å². The fraction of sp³-hybridized carbons (Fsp3) is 0.440. The summed E-state index contributed by atoms with van der Waals surface area (Å²) in [4.78, 5) is 28.7. The first kappa shape index (κ1) is 21.2. The summed E-state index contributed by atoms with van der Waals surface area (Å²) in [6.45, 7) is 3.29. The van der Waals surface area contributed by atoms with Crippen LogP contribution in [0.15, 0.2) is 48.5 Å². The number of hydrogen-bond donors (Lipinski definition) is 1. The zero-order valence-electron chi connectivity index (χ0n) is 18.6. The summed E-state index contributed by atoms with van der Waals surface area (Å²) < 4.78 is 6.51. The SMILES string of the molecule is Cc1ccc(NC(=O)N2CCC3(CC2)C[C@@H](CC(=O)N(C)C)c2ccccc2O3)cc1. The second kappa shape index (κ2) is 8.61. The first-order valence-corrected chi connectivity index (χ1v) is 11.0. The number of nitrogens with one attached hydrogen (secondary N) is 1. The number of likely N-dealkylation sites (tertiary alicyclic amines) is 1. The van der Waals surface area contributed by atoms with Gasteiger partial charge in [0.05, 0.1) is 0 Å². The Morgan fingerprint density at radius 1 is 1.10 bits per heavy atom. The highest BCUT2D eigenvalue weighted by Crippen LogP contribution is 2.46. The molecular formula is C25H31N3O3. The minimum atomic E-state index is -0.327. The molecule has 0 saturated carbocycles. The van der Waals surface area contributed by atoms with Crippen LogP contribution in [0.1, 0.15) is 42.7 Å². The smallest absolute Gasteiger partial charge is 0.321 e. The molecule has 164 valence electrons. The summed E-state index contributed by atoms with van der Waals surface area (Å²) in [5, 5.41) is 2.99. The van der Waals surface area contributed by atoms with Crippen LogP contribution in [0.25, 0.3) is 0 Å². The number of piperidine rings is 1. The van der Waals surface area contributed by atoms with Crippen molar-refractivity contribution in [2.45, 2.75) is 44.1 Å². The van der Waals surface area contributed by atoms with Crippen molar-refractivity contribution in [2.75, 3.05) is 32.5 Å². The number of fused-ring (bicyclic) bond motifs is 1. The Morgan fingerprint density at radius 3 is 2.45 bits per heavy atom. The third-order valence-electron chi connectivity index (χ3n) is 6.49. The van der Waals surface area contributed by atoms with Gasteiger partial charge in [0.2, 0.25) is 5.91 Å². The Hall–Kier alpha value is -3.02. The van der Waals surface area contributed by atoms with Crippen LogP contribution in [0.2, 0.25) is 0 Å². The predicted molar refractivity (Wildman–Crippen MR) is 121 cm³/mol. The molecule has 1 N–H and O–H groups in total. The number of ether oxygens (including phenoxy) is 1. The maximum absolute atomic E-state index is 12.7. The number of urea groups is 1. The molecule has 0 unspecified atom stereocenters. The molecule has 2 aliphatic heterocycles. The minimum absolute atomic E-state index is 0.0748. The van der Waals surface area contributed by atoms with Crippen LogP contribution in [0, 0.1) is 6.92 Å². The van der Waals surface area contributed by atoms with Crippen molar-refractivity contribution in [1.82, 2.24) is 9.80 Å². The lowest BCUT2D eigenvalue weighted by Crippen LogP contribution is -2.52. The molecule has 0 aliphatic carbocycles. The van der Waals surface area contributed by atoms with E-state index in [1.165, 1.54) is 0 Å². The van der Waals surface area contributed by atoms with E-state index in [0.717, 1.165) is 41.8 Å². The number of carbonyl (C=O) groups excluding carboxylic acids is 2. The molecule has 0 aromatic heterocycles. The lowest BCUT2D eigenvalue weighted by atomic mass is 9.76. The molecule has 2 aliphatic rings.